The van der Waals surface area contributed by atoms with Crippen molar-refractivity contribution >= 4 is 55.5 Å². The van der Waals surface area contributed by atoms with Crippen LogP contribution in [0, 0.1) is 0 Å². The Kier molecular flexibility index (Phi) is 4.94. The van der Waals surface area contributed by atoms with Gasteiger partial charge in [-0.05, 0) is 51.8 Å². The van der Waals surface area contributed by atoms with E-state index >= 15 is 0 Å². The van der Waals surface area contributed by atoms with E-state index in [2.05, 4.69) is 31.9 Å². The van der Waals surface area contributed by atoms with Crippen LogP contribution < -0.4 is 14.2 Å². The first-order valence-electron chi connectivity index (χ1n) is 6.47. The summed E-state index contributed by atoms with van der Waals surface area (Å²) in [6, 6.07) is 8.50. The molecule has 1 aliphatic rings. The molecule has 3 rings (SSSR count). The topological polar surface area (TPSA) is 44.8 Å². The van der Waals surface area contributed by atoms with Gasteiger partial charge in [0.25, 0.3) is 0 Å². The summed E-state index contributed by atoms with van der Waals surface area (Å²) in [5.74, 6) is 1.17. The molecule has 2 aromatic carbocycles. The van der Waals surface area contributed by atoms with Gasteiger partial charge in [0.15, 0.2) is 11.5 Å². The van der Waals surface area contributed by atoms with Crippen LogP contribution in [0.15, 0.2) is 45.4 Å². The van der Waals surface area contributed by atoms with E-state index in [0.717, 1.165) is 14.5 Å². The Morgan fingerprint density at radius 2 is 1.87 bits per heavy atom. The maximum absolute atomic E-state index is 11.9. The average molecular weight is 461 g/mol. The highest BCUT2D eigenvalue weighted by Gasteiger charge is 2.15. The number of ether oxygens (including phenoxy) is 3. The zero-order valence-corrected chi connectivity index (χ0v) is 15.4. The molecule has 0 amide bonds. The lowest BCUT2D eigenvalue weighted by Crippen LogP contribution is -2.03. The van der Waals surface area contributed by atoms with Gasteiger partial charge < -0.3 is 14.2 Å². The van der Waals surface area contributed by atoms with Crippen LogP contribution in [0.25, 0.3) is 6.08 Å². The van der Waals surface area contributed by atoms with E-state index in [4.69, 9.17) is 25.8 Å². The molecule has 0 saturated heterocycles. The van der Waals surface area contributed by atoms with E-state index in [9.17, 15) is 4.79 Å². The maximum atomic E-state index is 11.9. The third kappa shape index (κ3) is 3.88. The first-order chi connectivity index (χ1) is 11.0. The standard InChI is InChI=1S/C16H9Br2ClO4/c17-11-3-2-10(6-13(11)19)23-16(20)4-1-9-5-14-15(7-12(9)18)22-8-21-14/h1-7H,8H2/b4-1+. The van der Waals surface area contributed by atoms with Crippen molar-refractivity contribution in [3.63, 3.8) is 0 Å². The van der Waals surface area contributed by atoms with E-state index in [-0.39, 0.29) is 6.79 Å². The van der Waals surface area contributed by atoms with Crippen molar-refractivity contribution in [2.75, 3.05) is 6.79 Å². The van der Waals surface area contributed by atoms with Gasteiger partial charge in [-0.25, -0.2) is 4.79 Å². The van der Waals surface area contributed by atoms with E-state index in [1.165, 1.54) is 6.08 Å². The first kappa shape index (κ1) is 16.4. The van der Waals surface area contributed by atoms with Crippen LogP contribution in [-0.2, 0) is 4.79 Å². The van der Waals surface area contributed by atoms with Crippen molar-refractivity contribution in [2.45, 2.75) is 0 Å². The van der Waals surface area contributed by atoms with E-state index in [1.807, 2.05) is 0 Å². The molecule has 4 nitrogen and oxygen atoms in total. The molecular weight excluding hydrogens is 451 g/mol. The van der Waals surface area contributed by atoms with Crippen LogP contribution in [-0.4, -0.2) is 12.8 Å². The minimum Gasteiger partial charge on any atom is -0.454 e. The van der Waals surface area contributed by atoms with Crippen LogP contribution in [0.1, 0.15) is 5.56 Å². The van der Waals surface area contributed by atoms with E-state index in [1.54, 1.807) is 36.4 Å². The monoisotopic (exact) mass is 458 g/mol. The summed E-state index contributed by atoms with van der Waals surface area (Å²) < 4.78 is 17.3. The molecule has 0 atom stereocenters. The van der Waals surface area contributed by atoms with Gasteiger partial charge in [0.1, 0.15) is 5.75 Å². The Balaban J connectivity index is 1.72. The van der Waals surface area contributed by atoms with Crippen molar-refractivity contribution in [3.05, 3.63) is 55.9 Å². The fraction of sp³-hybridized carbons (Fsp3) is 0.0625. The van der Waals surface area contributed by atoms with Crippen molar-refractivity contribution < 1.29 is 19.0 Å². The number of carbonyl (C=O) groups excluding carboxylic acids is 1. The van der Waals surface area contributed by atoms with Crippen molar-refractivity contribution in [1.29, 1.82) is 0 Å². The smallest absolute Gasteiger partial charge is 0.336 e. The summed E-state index contributed by atoms with van der Waals surface area (Å²) in [6.07, 6.45) is 2.97. The molecule has 0 spiro atoms. The summed E-state index contributed by atoms with van der Waals surface area (Å²) in [4.78, 5) is 11.9. The molecule has 118 valence electrons. The molecule has 0 aliphatic carbocycles. The minimum atomic E-state index is -0.507. The van der Waals surface area contributed by atoms with Gasteiger partial charge in [-0.3, -0.25) is 0 Å². The molecule has 0 N–H and O–H groups in total. The molecule has 0 fully saturated rings. The average Bonchev–Trinajstić information content (AvgIpc) is 2.95. The molecule has 7 heteroatoms. The lowest BCUT2D eigenvalue weighted by Gasteiger charge is -2.04. The zero-order chi connectivity index (χ0) is 16.4. The van der Waals surface area contributed by atoms with Gasteiger partial charge in [0, 0.05) is 21.1 Å². The van der Waals surface area contributed by atoms with Crippen LogP contribution in [0.3, 0.4) is 0 Å². The third-order valence-corrected chi connectivity index (χ3v) is 4.92. The molecule has 1 heterocycles. The summed E-state index contributed by atoms with van der Waals surface area (Å²) in [5.41, 5.74) is 0.778. The van der Waals surface area contributed by atoms with Gasteiger partial charge in [0.2, 0.25) is 6.79 Å². The van der Waals surface area contributed by atoms with Crippen LogP contribution in [0.5, 0.6) is 17.2 Å². The van der Waals surface area contributed by atoms with E-state index < -0.39 is 5.97 Å². The number of benzene rings is 2. The zero-order valence-electron chi connectivity index (χ0n) is 11.5. The number of hydrogen-bond donors (Lipinski definition) is 0. The quantitative estimate of drug-likeness (QED) is 0.358. The van der Waals surface area contributed by atoms with Crippen molar-refractivity contribution in [3.8, 4) is 17.2 Å². The second-order valence-electron chi connectivity index (χ2n) is 4.56. The SMILES string of the molecule is O=C(/C=C/c1cc2c(cc1Br)OCO2)Oc1ccc(Br)c(Cl)c1. The highest BCUT2D eigenvalue weighted by molar-refractivity contribution is 9.10. The second-order valence-corrected chi connectivity index (χ2v) is 6.67. The molecule has 0 bridgehead atoms. The largest absolute Gasteiger partial charge is 0.454 e. The number of rotatable bonds is 3. The van der Waals surface area contributed by atoms with Gasteiger partial charge in [-0.15, -0.1) is 0 Å². The molecule has 0 aromatic heterocycles. The number of fused-ring (bicyclic) bond motifs is 1. The molecular formula is C16H9Br2ClO4. The van der Waals surface area contributed by atoms with Gasteiger partial charge >= 0.3 is 5.97 Å². The summed E-state index contributed by atoms with van der Waals surface area (Å²) in [6.45, 7) is 0.196. The van der Waals surface area contributed by atoms with Gasteiger partial charge in [0.05, 0.1) is 5.02 Å². The predicted octanol–water partition coefficient (Wildman–Crippen LogP) is 5.21. The number of hydrogen-bond acceptors (Lipinski definition) is 4. The molecule has 23 heavy (non-hydrogen) atoms. The summed E-state index contributed by atoms with van der Waals surface area (Å²) in [7, 11) is 0. The number of halogens is 3. The highest BCUT2D eigenvalue weighted by atomic mass is 79.9. The molecule has 2 aromatic rings. The fourth-order valence-electron chi connectivity index (χ4n) is 1.91. The Bertz CT molecular complexity index is 805. The second kappa shape index (κ2) is 6.95. The van der Waals surface area contributed by atoms with E-state index in [0.29, 0.717) is 22.3 Å². The molecule has 0 saturated carbocycles. The van der Waals surface area contributed by atoms with Crippen molar-refractivity contribution in [1.82, 2.24) is 0 Å². The normalized spacial score (nSPS) is 12.7. The predicted molar refractivity (Wildman–Crippen MR) is 94.1 cm³/mol. The molecule has 1 aliphatic heterocycles. The summed E-state index contributed by atoms with van der Waals surface area (Å²) >= 11 is 12.7. The molecule has 0 radical (unpaired) electrons. The maximum Gasteiger partial charge on any atom is 0.336 e. The first-order valence-corrected chi connectivity index (χ1v) is 8.43. The van der Waals surface area contributed by atoms with Crippen LogP contribution in [0.4, 0.5) is 0 Å². The van der Waals surface area contributed by atoms with Gasteiger partial charge in [-0.1, -0.05) is 27.5 Å². The number of esters is 1. The Morgan fingerprint density at radius 3 is 2.61 bits per heavy atom. The van der Waals surface area contributed by atoms with Crippen LogP contribution >= 0.6 is 43.5 Å². The van der Waals surface area contributed by atoms with Crippen molar-refractivity contribution in [2.24, 2.45) is 0 Å². The van der Waals surface area contributed by atoms with Crippen LogP contribution in [0.2, 0.25) is 5.02 Å². The fourth-order valence-corrected chi connectivity index (χ4v) is 2.78. The lowest BCUT2D eigenvalue weighted by atomic mass is 10.2. The molecule has 0 unspecified atom stereocenters. The summed E-state index contributed by atoms with van der Waals surface area (Å²) in [5, 5.41) is 0.470. The Morgan fingerprint density at radius 1 is 1.13 bits per heavy atom. The van der Waals surface area contributed by atoms with Gasteiger partial charge in [-0.2, -0.15) is 0 Å². The highest BCUT2D eigenvalue weighted by Crippen LogP contribution is 2.37. The Hall–Kier alpha value is -1.50. The minimum absolute atomic E-state index is 0.196. The number of carbonyl (C=O) groups is 1. The third-order valence-electron chi connectivity index (χ3n) is 3.00. The lowest BCUT2D eigenvalue weighted by molar-refractivity contribution is -0.128. The Labute approximate surface area is 154 Å².